The van der Waals surface area contributed by atoms with Gasteiger partial charge in [0, 0.05) is 38.3 Å². The Labute approximate surface area is 106 Å². The van der Waals surface area contributed by atoms with Gasteiger partial charge in [0.05, 0.1) is 5.92 Å². The molecule has 1 aromatic heterocycles. The molecule has 1 unspecified atom stereocenters. The van der Waals surface area contributed by atoms with E-state index in [9.17, 15) is 9.59 Å². The Balaban J connectivity index is 2.39. The number of rotatable bonds is 6. The molecule has 0 aliphatic rings. The second-order valence-corrected chi connectivity index (χ2v) is 4.33. The Kier molecular flexibility index (Phi) is 5.30. The quantitative estimate of drug-likeness (QED) is 0.823. The molecule has 1 heterocycles. The summed E-state index contributed by atoms with van der Waals surface area (Å²) >= 11 is 0. The zero-order valence-corrected chi connectivity index (χ0v) is 10.7. The summed E-state index contributed by atoms with van der Waals surface area (Å²) in [7, 11) is 1.68. The Bertz CT molecular complexity index is 406. The average Bonchev–Trinajstić information content (AvgIpc) is 2.36. The third-order valence-electron chi connectivity index (χ3n) is 2.76. The lowest BCUT2D eigenvalue weighted by Crippen LogP contribution is -2.31. The maximum atomic E-state index is 11.7. The lowest BCUT2D eigenvalue weighted by Gasteiger charge is -2.18. The van der Waals surface area contributed by atoms with E-state index in [1.165, 1.54) is 6.92 Å². The van der Waals surface area contributed by atoms with Gasteiger partial charge >= 0.3 is 5.97 Å². The van der Waals surface area contributed by atoms with Gasteiger partial charge in [-0.15, -0.1) is 0 Å². The predicted octanol–water partition coefficient (Wildman–Crippen LogP) is 1.19. The van der Waals surface area contributed by atoms with E-state index >= 15 is 0 Å². The molecule has 0 aliphatic heterocycles. The van der Waals surface area contributed by atoms with Crippen LogP contribution in [0.2, 0.25) is 0 Å². The van der Waals surface area contributed by atoms with Crippen molar-refractivity contribution in [1.82, 2.24) is 9.88 Å². The Morgan fingerprint density at radius 2 is 2.17 bits per heavy atom. The number of carbonyl (C=O) groups is 2. The molecule has 5 heteroatoms. The van der Waals surface area contributed by atoms with Crippen LogP contribution in [0.4, 0.5) is 0 Å². The lowest BCUT2D eigenvalue weighted by molar-refractivity contribution is -0.144. The molecule has 1 rings (SSSR count). The van der Waals surface area contributed by atoms with Gasteiger partial charge in [-0.25, -0.2) is 0 Å². The zero-order valence-electron chi connectivity index (χ0n) is 10.7. The summed E-state index contributed by atoms with van der Waals surface area (Å²) in [6.07, 6.45) is 2.42. The molecule has 98 valence electrons. The van der Waals surface area contributed by atoms with E-state index in [2.05, 4.69) is 4.98 Å². The standard InChI is InChI=1S/C13H18N2O3/c1-10(13(17)18)9-12(16)15(2)8-6-11-5-3-4-7-14-11/h3-5,7,10H,6,8-9H2,1-2H3,(H,17,18). The molecule has 0 bridgehead atoms. The van der Waals surface area contributed by atoms with Gasteiger partial charge in [-0.1, -0.05) is 13.0 Å². The summed E-state index contributed by atoms with van der Waals surface area (Å²) in [4.78, 5) is 28.1. The van der Waals surface area contributed by atoms with Crippen LogP contribution in [0.1, 0.15) is 19.0 Å². The van der Waals surface area contributed by atoms with Gasteiger partial charge in [0.25, 0.3) is 0 Å². The van der Waals surface area contributed by atoms with Crippen LogP contribution in [0.15, 0.2) is 24.4 Å². The first kappa shape index (κ1) is 14.2. The molecule has 1 N–H and O–H groups in total. The average molecular weight is 250 g/mol. The second kappa shape index (κ2) is 6.74. The Morgan fingerprint density at radius 1 is 1.44 bits per heavy atom. The summed E-state index contributed by atoms with van der Waals surface area (Å²) in [5, 5.41) is 8.74. The first-order chi connectivity index (χ1) is 8.50. The van der Waals surface area contributed by atoms with E-state index in [0.717, 1.165) is 5.69 Å². The van der Waals surface area contributed by atoms with Crippen molar-refractivity contribution in [3.63, 3.8) is 0 Å². The van der Waals surface area contributed by atoms with Gasteiger partial charge in [-0.2, -0.15) is 0 Å². The molecule has 0 radical (unpaired) electrons. The molecule has 0 saturated heterocycles. The normalized spacial score (nSPS) is 11.9. The molecule has 0 aromatic carbocycles. The molecule has 1 aromatic rings. The van der Waals surface area contributed by atoms with E-state index in [1.807, 2.05) is 18.2 Å². The highest BCUT2D eigenvalue weighted by atomic mass is 16.4. The molecule has 0 fully saturated rings. The largest absolute Gasteiger partial charge is 0.481 e. The van der Waals surface area contributed by atoms with Crippen LogP contribution in [0.25, 0.3) is 0 Å². The highest BCUT2D eigenvalue weighted by Crippen LogP contribution is 2.05. The maximum Gasteiger partial charge on any atom is 0.306 e. The molecule has 1 atom stereocenters. The fourth-order valence-electron chi connectivity index (χ4n) is 1.46. The first-order valence-electron chi connectivity index (χ1n) is 5.87. The van der Waals surface area contributed by atoms with Crippen LogP contribution < -0.4 is 0 Å². The number of aromatic nitrogens is 1. The summed E-state index contributed by atoms with van der Waals surface area (Å²) < 4.78 is 0. The van der Waals surface area contributed by atoms with Crippen molar-refractivity contribution in [3.05, 3.63) is 30.1 Å². The smallest absolute Gasteiger partial charge is 0.306 e. The van der Waals surface area contributed by atoms with E-state index < -0.39 is 11.9 Å². The van der Waals surface area contributed by atoms with Crippen molar-refractivity contribution in [2.45, 2.75) is 19.8 Å². The minimum Gasteiger partial charge on any atom is -0.481 e. The van der Waals surface area contributed by atoms with E-state index in [-0.39, 0.29) is 12.3 Å². The monoisotopic (exact) mass is 250 g/mol. The number of carboxylic acid groups (broad SMARTS) is 1. The number of nitrogens with zero attached hydrogens (tertiary/aromatic N) is 2. The lowest BCUT2D eigenvalue weighted by atomic mass is 10.1. The zero-order chi connectivity index (χ0) is 13.5. The number of carbonyl (C=O) groups excluding carboxylic acids is 1. The molecule has 18 heavy (non-hydrogen) atoms. The number of aliphatic carboxylic acids is 1. The molecule has 0 spiro atoms. The van der Waals surface area contributed by atoms with Gasteiger partial charge in [-0.05, 0) is 12.1 Å². The third kappa shape index (κ3) is 4.53. The molecule has 0 aliphatic carbocycles. The fraction of sp³-hybridized carbons (Fsp3) is 0.462. The van der Waals surface area contributed by atoms with Gasteiger partial charge < -0.3 is 10.0 Å². The number of hydrogen-bond donors (Lipinski definition) is 1. The molecule has 1 amide bonds. The van der Waals surface area contributed by atoms with Crippen molar-refractivity contribution >= 4 is 11.9 Å². The van der Waals surface area contributed by atoms with Crippen LogP contribution in [-0.2, 0) is 16.0 Å². The number of likely N-dealkylation sites (N-methyl/N-ethyl adjacent to an activating group) is 1. The Hall–Kier alpha value is -1.91. The second-order valence-electron chi connectivity index (χ2n) is 4.33. The maximum absolute atomic E-state index is 11.7. The summed E-state index contributed by atoms with van der Waals surface area (Å²) in [6.45, 7) is 2.08. The topological polar surface area (TPSA) is 70.5 Å². The SMILES string of the molecule is CC(CC(=O)N(C)CCc1ccccn1)C(=O)O. The van der Waals surface area contributed by atoms with Gasteiger partial charge in [-0.3, -0.25) is 14.6 Å². The van der Waals surface area contributed by atoms with Gasteiger partial charge in [0.2, 0.25) is 5.91 Å². The fourth-order valence-corrected chi connectivity index (χ4v) is 1.46. The molecule has 0 saturated carbocycles. The number of hydrogen-bond acceptors (Lipinski definition) is 3. The van der Waals surface area contributed by atoms with Crippen molar-refractivity contribution < 1.29 is 14.7 Å². The van der Waals surface area contributed by atoms with Crippen LogP contribution in [0.5, 0.6) is 0 Å². The summed E-state index contributed by atoms with van der Waals surface area (Å²) in [5.41, 5.74) is 0.920. The van der Waals surface area contributed by atoms with Crippen LogP contribution in [-0.4, -0.2) is 40.5 Å². The molecular weight excluding hydrogens is 232 g/mol. The van der Waals surface area contributed by atoms with E-state index in [0.29, 0.717) is 13.0 Å². The van der Waals surface area contributed by atoms with Gasteiger partial charge in [0.15, 0.2) is 0 Å². The van der Waals surface area contributed by atoms with Crippen molar-refractivity contribution in [2.24, 2.45) is 5.92 Å². The van der Waals surface area contributed by atoms with Crippen LogP contribution in [0, 0.1) is 5.92 Å². The minimum atomic E-state index is -0.943. The summed E-state index contributed by atoms with van der Waals surface area (Å²) in [5.74, 6) is -1.74. The number of carboxylic acids is 1. The predicted molar refractivity (Wildman–Crippen MR) is 67.0 cm³/mol. The molecule has 5 nitrogen and oxygen atoms in total. The van der Waals surface area contributed by atoms with E-state index in [1.54, 1.807) is 18.1 Å². The van der Waals surface area contributed by atoms with Crippen LogP contribution in [0.3, 0.4) is 0 Å². The third-order valence-corrected chi connectivity index (χ3v) is 2.76. The Morgan fingerprint density at radius 3 is 2.72 bits per heavy atom. The highest BCUT2D eigenvalue weighted by molar-refractivity contribution is 5.81. The van der Waals surface area contributed by atoms with Crippen molar-refractivity contribution in [1.29, 1.82) is 0 Å². The minimum absolute atomic E-state index is 0.0358. The first-order valence-corrected chi connectivity index (χ1v) is 5.87. The summed E-state index contributed by atoms with van der Waals surface area (Å²) in [6, 6.07) is 5.64. The number of amides is 1. The van der Waals surface area contributed by atoms with Crippen LogP contribution >= 0.6 is 0 Å². The number of pyridine rings is 1. The van der Waals surface area contributed by atoms with Gasteiger partial charge in [0.1, 0.15) is 0 Å². The van der Waals surface area contributed by atoms with Crippen molar-refractivity contribution in [3.8, 4) is 0 Å². The highest BCUT2D eigenvalue weighted by Gasteiger charge is 2.18. The van der Waals surface area contributed by atoms with Crippen molar-refractivity contribution in [2.75, 3.05) is 13.6 Å². The van der Waals surface area contributed by atoms with E-state index in [4.69, 9.17) is 5.11 Å². The molecular formula is C13H18N2O3.